The monoisotopic (exact) mass is 437 g/mol. The number of aromatic nitrogens is 2. The van der Waals surface area contributed by atoms with Crippen LogP contribution in [0.5, 0.6) is 17.2 Å². The largest absolute Gasteiger partial charge is 0.497 e. The number of nitrogens with zero attached hydrogens (tertiary/aromatic N) is 2. The van der Waals surface area contributed by atoms with Crippen molar-refractivity contribution in [1.82, 2.24) is 9.38 Å². The first-order valence-electron chi connectivity index (χ1n) is 9.73. The molecular formula is C23H23N3O4S. The van der Waals surface area contributed by atoms with Gasteiger partial charge < -0.3 is 19.5 Å². The van der Waals surface area contributed by atoms with Crippen LogP contribution in [0.25, 0.3) is 16.2 Å². The molecule has 0 saturated carbocycles. The number of rotatable bonds is 8. The van der Waals surface area contributed by atoms with Gasteiger partial charge in [0.1, 0.15) is 5.75 Å². The second-order valence-corrected chi connectivity index (χ2v) is 7.69. The summed E-state index contributed by atoms with van der Waals surface area (Å²) in [5, 5.41) is 4.96. The molecule has 0 atom stereocenters. The SMILES string of the molecule is COc1ccc(-c2cn3c(CCC(=O)Nc4ccc(OC)c(OC)c4)csc3n2)cc1. The predicted molar refractivity (Wildman–Crippen MR) is 122 cm³/mol. The number of amides is 1. The van der Waals surface area contributed by atoms with Gasteiger partial charge in [-0.3, -0.25) is 9.20 Å². The van der Waals surface area contributed by atoms with E-state index in [0.29, 0.717) is 30.0 Å². The summed E-state index contributed by atoms with van der Waals surface area (Å²) in [5.41, 5.74) is 3.64. The van der Waals surface area contributed by atoms with Gasteiger partial charge in [-0.05, 0) is 42.8 Å². The van der Waals surface area contributed by atoms with E-state index in [-0.39, 0.29) is 5.91 Å². The first-order valence-corrected chi connectivity index (χ1v) is 10.6. The van der Waals surface area contributed by atoms with Gasteiger partial charge in [-0.2, -0.15) is 0 Å². The second kappa shape index (κ2) is 9.09. The Morgan fingerprint density at radius 2 is 1.81 bits per heavy atom. The lowest BCUT2D eigenvalue weighted by Crippen LogP contribution is -2.12. The van der Waals surface area contributed by atoms with Gasteiger partial charge in [0.25, 0.3) is 0 Å². The third kappa shape index (κ3) is 4.49. The molecule has 0 aliphatic rings. The summed E-state index contributed by atoms with van der Waals surface area (Å²) >= 11 is 1.57. The molecule has 2 heterocycles. The minimum Gasteiger partial charge on any atom is -0.497 e. The fourth-order valence-corrected chi connectivity index (χ4v) is 4.20. The molecule has 4 aromatic rings. The van der Waals surface area contributed by atoms with Crippen LogP contribution in [-0.4, -0.2) is 36.6 Å². The fourth-order valence-electron chi connectivity index (χ4n) is 3.29. The topological polar surface area (TPSA) is 74.1 Å². The number of imidazole rings is 1. The lowest BCUT2D eigenvalue weighted by atomic mass is 10.1. The van der Waals surface area contributed by atoms with Crippen molar-refractivity contribution in [1.29, 1.82) is 0 Å². The van der Waals surface area contributed by atoms with E-state index in [1.54, 1.807) is 50.9 Å². The van der Waals surface area contributed by atoms with Crippen molar-refractivity contribution in [2.75, 3.05) is 26.6 Å². The average Bonchev–Trinajstić information content (AvgIpc) is 3.39. The van der Waals surface area contributed by atoms with E-state index in [4.69, 9.17) is 19.2 Å². The molecule has 2 aromatic heterocycles. The molecule has 2 aromatic carbocycles. The van der Waals surface area contributed by atoms with Crippen molar-refractivity contribution in [3.05, 3.63) is 59.7 Å². The van der Waals surface area contributed by atoms with E-state index in [0.717, 1.165) is 27.7 Å². The number of methoxy groups -OCH3 is 3. The molecule has 1 N–H and O–H groups in total. The lowest BCUT2D eigenvalue weighted by Gasteiger charge is -2.10. The maximum absolute atomic E-state index is 12.5. The Bertz CT molecular complexity index is 1200. The number of nitrogens with one attached hydrogen (secondary N) is 1. The van der Waals surface area contributed by atoms with Crippen LogP contribution >= 0.6 is 11.3 Å². The van der Waals surface area contributed by atoms with Gasteiger partial charge in [0, 0.05) is 41.0 Å². The van der Waals surface area contributed by atoms with Gasteiger partial charge in [-0.15, -0.1) is 11.3 Å². The lowest BCUT2D eigenvalue weighted by molar-refractivity contribution is -0.116. The Morgan fingerprint density at radius 3 is 2.52 bits per heavy atom. The fraction of sp³-hybridized carbons (Fsp3) is 0.217. The molecule has 0 unspecified atom stereocenters. The van der Waals surface area contributed by atoms with Gasteiger partial charge in [0.2, 0.25) is 5.91 Å². The van der Waals surface area contributed by atoms with Crippen LogP contribution in [0, 0.1) is 0 Å². The highest BCUT2D eigenvalue weighted by Gasteiger charge is 2.12. The Balaban J connectivity index is 1.43. The summed E-state index contributed by atoms with van der Waals surface area (Å²) in [6.45, 7) is 0. The molecule has 160 valence electrons. The third-order valence-electron chi connectivity index (χ3n) is 4.94. The van der Waals surface area contributed by atoms with E-state index in [1.807, 2.05) is 40.2 Å². The minimum atomic E-state index is -0.0675. The van der Waals surface area contributed by atoms with E-state index < -0.39 is 0 Å². The summed E-state index contributed by atoms with van der Waals surface area (Å²) < 4.78 is 17.8. The number of hydrogen-bond acceptors (Lipinski definition) is 6. The first-order chi connectivity index (χ1) is 15.1. The van der Waals surface area contributed by atoms with Crippen LogP contribution in [0.15, 0.2) is 54.0 Å². The summed E-state index contributed by atoms with van der Waals surface area (Å²) in [6, 6.07) is 13.1. The van der Waals surface area contributed by atoms with Crippen LogP contribution in [0.4, 0.5) is 5.69 Å². The number of carbonyl (C=O) groups excluding carboxylic acids is 1. The highest BCUT2D eigenvalue weighted by Crippen LogP contribution is 2.30. The van der Waals surface area contributed by atoms with Gasteiger partial charge in [0.15, 0.2) is 16.5 Å². The molecular weight excluding hydrogens is 414 g/mol. The van der Waals surface area contributed by atoms with Crippen molar-refractivity contribution >= 4 is 27.9 Å². The number of benzene rings is 2. The van der Waals surface area contributed by atoms with Gasteiger partial charge in [-0.25, -0.2) is 4.98 Å². The van der Waals surface area contributed by atoms with Gasteiger partial charge >= 0.3 is 0 Å². The Labute approximate surface area is 184 Å². The molecule has 0 aliphatic carbocycles. The quantitative estimate of drug-likeness (QED) is 0.434. The summed E-state index contributed by atoms with van der Waals surface area (Å²) in [5.74, 6) is 1.94. The summed E-state index contributed by atoms with van der Waals surface area (Å²) in [6.07, 6.45) is 2.98. The van der Waals surface area contributed by atoms with Crippen LogP contribution in [0.2, 0.25) is 0 Å². The van der Waals surface area contributed by atoms with Gasteiger partial charge in [-0.1, -0.05) is 0 Å². The maximum Gasteiger partial charge on any atom is 0.224 e. The average molecular weight is 438 g/mol. The number of carbonyl (C=O) groups is 1. The Kier molecular flexibility index (Phi) is 6.08. The Morgan fingerprint density at radius 1 is 1.03 bits per heavy atom. The number of anilines is 1. The smallest absolute Gasteiger partial charge is 0.224 e. The van der Waals surface area contributed by atoms with Crippen molar-refractivity contribution < 1.29 is 19.0 Å². The number of ether oxygens (including phenoxy) is 3. The predicted octanol–water partition coefficient (Wildman–Crippen LogP) is 4.66. The molecule has 4 rings (SSSR count). The summed E-state index contributed by atoms with van der Waals surface area (Å²) in [4.78, 5) is 18.1. The minimum absolute atomic E-state index is 0.0675. The zero-order valence-electron chi connectivity index (χ0n) is 17.5. The number of thiazole rings is 1. The molecule has 0 saturated heterocycles. The zero-order chi connectivity index (χ0) is 21.8. The molecule has 0 fully saturated rings. The third-order valence-corrected chi connectivity index (χ3v) is 5.83. The van der Waals surface area contributed by atoms with Crippen molar-refractivity contribution in [2.45, 2.75) is 12.8 Å². The van der Waals surface area contributed by atoms with Crippen molar-refractivity contribution in [3.8, 4) is 28.5 Å². The van der Waals surface area contributed by atoms with Crippen LogP contribution in [-0.2, 0) is 11.2 Å². The molecule has 7 nitrogen and oxygen atoms in total. The first kappa shape index (κ1) is 20.7. The van der Waals surface area contributed by atoms with Crippen LogP contribution in [0.3, 0.4) is 0 Å². The Hall–Kier alpha value is -3.52. The van der Waals surface area contributed by atoms with E-state index in [9.17, 15) is 4.79 Å². The molecule has 0 spiro atoms. The highest BCUT2D eigenvalue weighted by atomic mass is 32.1. The molecule has 0 bridgehead atoms. The molecule has 31 heavy (non-hydrogen) atoms. The molecule has 1 amide bonds. The van der Waals surface area contributed by atoms with Crippen molar-refractivity contribution in [3.63, 3.8) is 0 Å². The van der Waals surface area contributed by atoms with E-state index in [1.165, 1.54) is 0 Å². The van der Waals surface area contributed by atoms with Crippen LogP contribution in [0.1, 0.15) is 12.1 Å². The van der Waals surface area contributed by atoms with Crippen LogP contribution < -0.4 is 19.5 Å². The number of aryl methyl sites for hydroxylation is 1. The number of fused-ring (bicyclic) bond motifs is 1. The van der Waals surface area contributed by atoms with E-state index >= 15 is 0 Å². The number of hydrogen-bond donors (Lipinski definition) is 1. The van der Waals surface area contributed by atoms with E-state index in [2.05, 4.69) is 5.32 Å². The molecule has 8 heteroatoms. The normalized spacial score (nSPS) is 10.8. The zero-order valence-corrected chi connectivity index (χ0v) is 18.4. The van der Waals surface area contributed by atoms with Crippen molar-refractivity contribution in [2.24, 2.45) is 0 Å². The molecule has 0 aliphatic heterocycles. The summed E-state index contributed by atoms with van der Waals surface area (Å²) in [7, 11) is 4.79. The van der Waals surface area contributed by atoms with Gasteiger partial charge in [0.05, 0.1) is 27.0 Å². The maximum atomic E-state index is 12.5. The second-order valence-electron chi connectivity index (χ2n) is 6.85. The highest BCUT2D eigenvalue weighted by molar-refractivity contribution is 7.15. The standard InChI is InChI=1S/C23H23N3O4S/c1-28-18-8-4-15(5-9-18)19-13-26-17(14-31-23(26)25-19)7-11-22(27)24-16-6-10-20(29-2)21(12-16)30-3/h4-6,8-10,12-14H,7,11H2,1-3H3,(H,24,27). The molecule has 0 radical (unpaired) electrons.